The molecular weight excluding hydrogens is 353 g/mol. The normalized spacial score (nSPS) is 16.8. The molecule has 1 heterocycles. The number of hydrogen-bond acceptors (Lipinski definition) is 4. The Labute approximate surface area is 140 Å². The Hall–Kier alpha value is -1.77. The van der Waals surface area contributed by atoms with Gasteiger partial charge in [0.2, 0.25) is 10.0 Å². The molecule has 24 heavy (non-hydrogen) atoms. The van der Waals surface area contributed by atoms with E-state index in [1.54, 1.807) is 25.1 Å². The Morgan fingerprint density at radius 1 is 0.958 bits per heavy atom. The van der Waals surface area contributed by atoms with Gasteiger partial charge in [0.15, 0.2) is 9.84 Å². The minimum atomic E-state index is -3.70. The van der Waals surface area contributed by atoms with Crippen molar-refractivity contribution in [3.63, 3.8) is 0 Å². The Kier molecular flexibility index (Phi) is 4.23. The van der Waals surface area contributed by atoms with E-state index < -0.39 is 30.9 Å². The number of benzene rings is 2. The van der Waals surface area contributed by atoms with Gasteiger partial charge in [0, 0.05) is 13.1 Å². The van der Waals surface area contributed by atoms with Crippen LogP contribution in [0.25, 0.3) is 0 Å². The van der Waals surface area contributed by atoms with Gasteiger partial charge in [-0.3, -0.25) is 0 Å². The lowest BCUT2D eigenvalue weighted by Gasteiger charge is -2.37. The van der Waals surface area contributed by atoms with E-state index in [-0.39, 0.29) is 22.9 Å². The lowest BCUT2D eigenvalue weighted by atomic mass is 10.2. The predicted molar refractivity (Wildman–Crippen MR) is 87.3 cm³/mol. The molecule has 0 amide bonds. The Balaban J connectivity index is 1.78. The van der Waals surface area contributed by atoms with Crippen LogP contribution in [0, 0.1) is 12.7 Å². The molecule has 0 unspecified atom stereocenters. The average Bonchev–Trinajstić information content (AvgIpc) is 2.45. The van der Waals surface area contributed by atoms with Crippen LogP contribution in [-0.4, -0.2) is 39.5 Å². The summed E-state index contributed by atoms with van der Waals surface area (Å²) < 4.78 is 64.0. The smallest absolute Gasteiger partial charge is 0.223 e. The van der Waals surface area contributed by atoms with Crippen LogP contribution < -0.4 is 0 Å². The summed E-state index contributed by atoms with van der Waals surface area (Å²) >= 11 is 0. The number of aryl methyl sites for hydroxylation is 1. The number of halogens is 1. The largest absolute Gasteiger partial charge is 0.243 e. The van der Waals surface area contributed by atoms with Gasteiger partial charge in [-0.2, -0.15) is 4.31 Å². The minimum absolute atomic E-state index is 0.00139. The molecule has 0 bridgehead atoms. The summed E-state index contributed by atoms with van der Waals surface area (Å²) in [6, 6.07) is 11.0. The molecule has 5 nitrogen and oxygen atoms in total. The molecular formula is C16H16FNO4S2. The van der Waals surface area contributed by atoms with Gasteiger partial charge < -0.3 is 0 Å². The molecule has 0 aliphatic carbocycles. The summed E-state index contributed by atoms with van der Waals surface area (Å²) in [7, 11) is -7.37. The van der Waals surface area contributed by atoms with Crippen LogP contribution in [0.15, 0.2) is 58.3 Å². The van der Waals surface area contributed by atoms with Crippen molar-refractivity contribution in [3.05, 3.63) is 59.9 Å². The molecule has 0 radical (unpaired) electrons. The number of sulfonamides is 1. The third kappa shape index (κ3) is 2.97. The maximum atomic E-state index is 12.9. The van der Waals surface area contributed by atoms with E-state index in [0.29, 0.717) is 0 Å². The Bertz CT molecular complexity index is 963. The van der Waals surface area contributed by atoms with Crippen LogP contribution in [-0.2, 0) is 19.9 Å². The van der Waals surface area contributed by atoms with Crippen LogP contribution in [0.3, 0.4) is 0 Å². The van der Waals surface area contributed by atoms with Crippen molar-refractivity contribution in [1.29, 1.82) is 0 Å². The summed E-state index contributed by atoms with van der Waals surface area (Å²) in [5, 5.41) is -0.817. The Morgan fingerprint density at radius 2 is 1.58 bits per heavy atom. The molecule has 0 aromatic heterocycles. The maximum absolute atomic E-state index is 12.9. The number of nitrogens with zero attached hydrogens (tertiary/aromatic N) is 1. The second kappa shape index (κ2) is 5.94. The number of hydrogen-bond donors (Lipinski definition) is 0. The van der Waals surface area contributed by atoms with Gasteiger partial charge >= 0.3 is 0 Å². The molecule has 0 N–H and O–H groups in total. The molecule has 8 heteroatoms. The van der Waals surface area contributed by atoms with Crippen molar-refractivity contribution in [2.75, 3.05) is 13.1 Å². The fraction of sp³-hybridized carbons (Fsp3) is 0.250. The van der Waals surface area contributed by atoms with Gasteiger partial charge in [0.25, 0.3) is 0 Å². The van der Waals surface area contributed by atoms with E-state index in [1.807, 2.05) is 0 Å². The van der Waals surface area contributed by atoms with Crippen molar-refractivity contribution in [2.24, 2.45) is 0 Å². The monoisotopic (exact) mass is 369 g/mol. The van der Waals surface area contributed by atoms with Crippen molar-refractivity contribution < 1.29 is 21.2 Å². The first-order chi connectivity index (χ1) is 11.2. The predicted octanol–water partition coefficient (Wildman–Crippen LogP) is 1.98. The van der Waals surface area contributed by atoms with E-state index in [1.165, 1.54) is 18.2 Å². The highest BCUT2D eigenvalue weighted by molar-refractivity contribution is 7.92. The quantitative estimate of drug-likeness (QED) is 0.773. The van der Waals surface area contributed by atoms with E-state index in [2.05, 4.69) is 0 Å². The van der Waals surface area contributed by atoms with Gasteiger partial charge in [-0.1, -0.05) is 12.1 Å². The lowest BCUT2D eigenvalue weighted by Crippen LogP contribution is -2.56. The number of sulfone groups is 1. The lowest BCUT2D eigenvalue weighted by molar-refractivity contribution is 0.309. The fourth-order valence-electron chi connectivity index (χ4n) is 2.53. The van der Waals surface area contributed by atoms with Gasteiger partial charge in [-0.05, 0) is 48.9 Å². The minimum Gasteiger partial charge on any atom is -0.223 e. The van der Waals surface area contributed by atoms with Crippen LogP contribution in [0.4, 0.5) is 4.39 Å². The van der Waals surface area contributed by atoms with Crippen LogP contribution >= 0.6 is 0 Å². The zero-order valence-corrected chi connectivity index (χ0v) is 14.5. The molecule has 0 atom stereocenters. The zero-order valence-electron chi connectivity index (χ0n) is 12.9. The second-order valence-corrected chi connectivity index (χ2v) is 9.93. The van der Waals surface area contributed by atoms with Crippen molar-refractivity contribution in [1.82, 2.24) is 4.31 Å². The summed E-state index contributed by atoms with van der Waals surface area (Å²) in [5.41, 5.74) is 0.812. The van der Waals surface area contributed by atoms with Crippen LogP contribution in [0.5, 0.6) is 0 Å². The highest BCUT2D eigenvalue weighted by Crippen LogP contribution is 2.29. The standard InChI is InChI=1S/C16H16FNO4S2/c1-12-3-2-4-15(9-12)24(21,22)18-10-16(11-18)23(19,20)14-7-5-13(17)6-8-14/h2-9,16H,10-11H2,1H3. The van der Waals surface area contributed by atoms with Gasteiger partial charge in [-0.25, -0.2) is 21.2 Å². The van der Waals surface area contributed by atoms with Crippen LogP contribution in [0.2, 0.25) is 0 Å². The first-order valence-electron chi connectivity index (χ1n) is 7.27. The summed E-state index contributed by atoms with van der Waals surface area (Å²) in [6.45, 7) is 1.59. The Morgan fingerprint density at radius 3 is 2.17 bits per heavy atom. The van der Waals surface area contributed by atoms with E-state index in [0.717, 1.165) is 22.0 Å². The zero-order chi connectivity index (χ0) is 17.5. The van der Waals surface area contributed by atoms with Gasteiger partial charge in [-0.15, -0.1) is 0 Å². The summed E-state index contributed by atoms with van der Waals surface area (Å²) in [4.78, 5) is 0.154. The van der Waals surface area contributed by atoms with E-state index >= 15 is 0 Å². The summed E-state index contributed by atoms with van der Waals surface area (Å²) in [6.07, 6.45) is 0. The van der Waals surface area contributed by atoms with Crippen molar-refractivity contribution in [3.8, 4) is 0 Å². The third-order valence-electron chi connectivity index (χ3n) is 4.02. The molecule has 1 aliphatic heterocycles. The highest BCUT2D eigenvalue weighted by Gasteiger charge is 2.44. The first-order valence-corrected chi connectivity index (χ1v) is 10.3. The fourth-order valence-corrected chi connectivity index (χ4v) is 6.01. The topological polar surface area (TPSA) is 71.5 Å². The number of rotatable bonds is 4. The highest BCUT2D eigenvalue weighted by atomic mass is 32.2. The van der Waals surface area contributed by atoms with Gasteiger partial charge in [0.05, 0.1) is 15.0 Å². The molecule has 1 fully saturated rings. The molecule has 3 rings (SSSR count). The third-order valence-corrected chi connectivity index (χ3v) is 7.96. The molecule has 128 valence electrons. The van der Waals surface area contributed by atoms with E-state index in [4.69, 9.17) is 0 Å². The van der Waals surface area contributed by atoms with E-state index in [9.17, 15) is 21.2 Å². The second-order valence-electron chi connectivity index (χ2n) is 5.76. The molecule has 2 aromatic rings. The first kappa shape index (κ1) is 17.1. The van der Waals surface area contributed by atoms with Crippen molar-refractivity contribution in [2.45, 2.75) is 22.0 Å². The SMILES string of the molecule is Cc1cccc(S(=O)(=O)N2CC(S(=O)(=O)c3ccc(F)cc3)C2)c1. The molecule has 0 saturated carbocycles. The van der Waals surface area contributed by atoms with Crippen LogP contribution in [0.1, 0.15) is 5.56 Å². The average molecular weight is 369 g/mol. The molecule has 1 saturated heterocycles. The van der Waals surface area contributed by atoms with Gasteiger partial charge in [0.1, 0.15) is 5.82 Å². The maximum Gasteiger partial charge on any atom is 0.243 e. The molecule has 1 aliphatic rings. The molecule has 2 aromatic carbocycles. The molecule has 0 spiro atoms. The summed E-state index contributed by atoms with van der Waals surface area (Å²) in [5.74, 6) is -0.522. The van der Waals surface area contributed by atoms with Crippen molar-refractivity contribution >= 4 is 19.9 Å².